The van der Waals surface area contributed by atoms with Gasteiger partial charge in [-0.1, -0.05) is 41.5 Å². The average molecular weight is 354 g/mol. The second kappa shape index (κ2) is 11.1. The van der Waals surface area contributed by atoms with E-state index in [2.05, 4.69) is 0 Å². The van der Waals surface area contributed by atoms with Crippen molar-refractivity contribution in [1.29, 1.82) is 0 Å². The van der Waals surface area contributed by atoms with E-state index in [9.17, 15) is 19.2 Å². The van der Waals surface area contributed by atoms with E-state index in [0.717, 1.165) is 0 Å². The summed E-state index contributed by atoms with van der Waals surface area (Å²) in [4.78, 5) is 51.1. The summed E-state index contributed by atoms with van der Waals surface area (Å²) in [5, 5.41) is 0. The minimum atomic E-state index is -0.181. The molecule has 0 saturated heterocycles. The Morgan fingerprint density at radius 1 is 0.640 bits per heavy atom. The quantitative estimate of drug-likeness (QED) is 0.534. The molecule has 0 aliphatic carbocycles. The third kappa shape index (κ3) is 9.48. The molecule has 0 aliphatic rings. The number of carbonyl (C=O) groups is 4. The van der Waals surface area contributed by atoms with Gasteiger partial charge in [0.25, 0.3) is 0 Å². The van der Waals surface area contributed by atoms with Gasteiger partial charge < -0.3 is 4.90 Å². The summed E-state index contributed by atoms with van der Waals surface area (Å²) in [7, 11) is 0. The van der Waals surface area contributed by atoms with Crippen molar-refractivity contribution in [2.75, 3.05) is 32.7 Å². The fourth-order valence-electron chi connectivity index (χ4n) is 2.00. The molecular weight excluding hydrogens is 320 g/mol. The zero-order valence-corrected chi connectivity index (χ0v) is 16.8. The monoisotopic (exact) mass is 354 g/mol. The lowest BCUT2D eigenvalue weighted by Gasteiger charge is -2.27. The zero-order valence-electron chi connectivity index (χ0n) is 16.8. The number of rotatable bonds is 12. The highest BCUT2D eigenvalue weighted by Crippen LogP contribution is 2.04. The Morgan fingerprint density at radius 2 is 1.00 bits per heavy atom. The molecule has 0 unspecified atom stereocenters. The van der Waals surface area contributed by atoms with E-state index in [-0.39, 0.29) is 60.6 Å². The van der Waals surface area contributed by atoms with Crippen molar-refractivity contribution in [3.05, 3.63) is 0 Å². The first-order valence-corrected chi connectivity index (χ1v) is 9.01. The molecular formula is C19H34N2O4. The number of nitrogens with zero attached hydrogens (tertiary/aromatic N) is 2. The van der Waals surface area contributed by atoms with Gasteiger partial charge in [-0.05, 0) is 0 Å². The Balaban J connectivity index is 4.94. The Kier molecular flexibility index (Phi) is 10.4. The second-order valence-electron chi connectivity index (χ2n) is 7.51. The molecule has 0 bridgehead atoms. The number of amides is 1. The van der Waals surface area contributed by atoms with E-state index >= 15 is 0 Å². The van der Waals surface area contributed by atoms with Gasteiger partial charge in [0.1, 0.15) is 11.6 Å². The number of hydrogen-bond acceptors (Lipinski definition) is 5. The maximum atomic E-state index is 12.1. The third-order valence-electron chi connectivity index (χ3n) is 4.17. The molecule has 0 spiro atoms. The number of hydrogen-bond donors (Lipinski definition) is 0. The van der Waals surface area contributed by atoms with Crippen LogP contribution in [0, 0.1) is 17.8 Å². The minimum Gasteiger partial charge on any atom is -0.334 e. The first-order chi connectivity index (χ1) is 11.5. The molecule has 0 fully saturated rings. The molecule has 0 radical (unpaired) electrons. The molecule has 0 aromatic carbocycles. The summed E-state index contributed by atoms with van der Waals surface area (Å²) in [6.45, 7) is 13.5. The lowest BCUT2D eigenvalue weighted by molar-refractivity contribution is -0.135. The maximum Gasteiger partial charge on any atom is 0.219 e. The van der Waals surface area contributed by atoms with Crippen LogP contribution in [0.4, 0.5) is 0 Å². The van der Waals surface area contributed by atoms with Crippen LogP contribution in [0.1, 0.15) is 48.5 Å². The second-order valence-corrected chi connectivity index (χ2v) is 7.51. The minimum absolute atomic E-state index is 0.00161. The smallest absolute Gasteiger partial charge is 0.219 e. The van der Waals surface area contributed by atoms with Gasteiger partial charge in [0.15, 0.2) is 5.78 Å². The van der Waals surface area contributed by atoms with Gasteiger partial charge in [0.2, 0.25) is 5.91 Å². The molecule has 6 heteroatoms. The predicted octanol–water partition coefficient (Wildman–Crippen LogP) is 1.81. The van der Waals surface area contributed by atoms with Crippen LogP contribution in [0.2, 0.25) is 0 Å². The van der Waals surface area contributed by atoms with Gasteiger partial charge in [-0.25, -0.2) is 0 Å². The SMILES string of the molecule is CC(=O)N(CCN(CC(=O)C(C)C)CC(=O)C(C)C)CC(=O)C(C)C. The van der Waals surface area contributed by atoms with E-state index in [4.69, 9.17) is 0 Å². The standard InChI is InChI=1S/C19H34N2O4/c1-13(2)17(23)10-20(11-18(24)14(3)4)8-9-21(16(7)22)12-19(25)15(5)6/h13-15H,8-12H2,1-7H3. The van der Waals surface area contributed by atoms with Gasteiger partial charge >= 0.3 is 0 Å². The first kappa shape index (κ1) is 23.4. The Bertz CT molecular complexity index is 462. The summed E-state index contributed by atoms with van der Waals surface area (Å²) in [5.41, 5.74) is 0. The van der Waals surface area contributed by atoms with Crippen molar-refractivity contribution in [1.82, 2.24) is 9.80 Å². The highest BCUT2D eigenvalue weighted by molar-refractivity contribution is 5.87. The molecule has 0 aromatic heterocycles. The Labute approximate surface area is 151 Å². The van der Waals surface area contributed by atoms with Gasteiger partial charge in [0.05, 0.1) is 19.6 Å². The van der Waals surface area contributed by atoms with E-state index in [1.54, 1.807) is 18.7 Å². The summed E-state index contributed by atoms with van der Waals surface area (Å²) in [6, 6.07) is 0. The molecule has 1 amide bonds. The van der Waals surface area contributed by atoms with Gasteiger partial charge in [-0.2, -0.15) is 0 Å². The molecule has 0 heterocycles. The van der Waals surface area contributed by atoms with E-state index < -0.39 is 0 Å². The zero-order chi connectivity index (χ0) is 19.7. The summed E-state index contributed by atoms with van der Waals surface area (Å²) >= 11 is 0. The van der Waals surface area contributed by atoms with Crippen molar-refractivity contribution in [3.63, 3.8) is 0 Å². The number of carbonyl (C=O) groups excluding carboxylic acids is 4. The van der Waals surface area contributed by atoms with Crippen LogP contribution >= 0.6 is 0 Å². The van der Waals surface area contributed by atoms with Crippen molar-refractivity contribution < 1.29 is 19.2 Å². The number of Topliss-reactive ketones (excluding diaryl/α,β-unsaturated/α-hetero) is 3. The molecule has 0 aliphatic heterocycles. The fraction of sp³-hybridized carbons (Fsp3) is 0.789. The third-order valence-corrected chi connectivity index (χ3v) is 4.17. The molecule has 25 heavy (non-hydrogen) atoms. The van der Waals surface area contributed by atoms with Crippen LogP contribution in [0.25, 0.3) is 0 Å². The largest absolute Gasteiger partial charge is 0.334 e. The van der Waals surface area contributed by atoms with E-state index in [1.807, 2.05) is 27.7 Å². The van der Waals surface area contributed by atoms with E-state index in [1.165, 1.54) is 11.8 Å². The Hall–Kier alpha value is -1.56. The van der Waals surface area contributed by atoms with Crippen LogP contribution in [0.5, 0.6) is 0 Å². The van der Waals surface area contributed by atoms with Gasteiger partial charge in [-0.3, -0.25) is 24.1 Å². The highest BCUT2D eigenvalue weighted by atomic mass is 16.2. The van der Waals surface area contributed by atoms with Crippen LogP contribution in [-0.2, 0) is 19.2 Å². The van der Waals surface area contributed by atoms with Gasteiger partial charge in [-0.15, -0.1) is 0 Å². The first-order valence-electron chi connectivity index (χ1n) is 9.01. The molecule has 144 valence electrons. The van der Waals surface area contributed by atoms with Gasteiger partial charge in [0, 0.05) is 37.8 Å². The normalized spacial score (nSPS) is 11.5. The van der Waals surface area contributed by atoms with Crippen LogP contribution in [0.15, 0.2) is 0 Å². The topological polar surface area (TPSA) is 74.8 Å². The van der Waals surface area contributed by atoms with Crippen molar-refractivity contribution >= 4 is 23.3 Å². The fourth-order valence-corrected chi connectivity index (χ4v) is 2.00. The van der Waals surface area contributed by atoms with Crippen LogP contribution in [-0.4, -0.2) is 65.8 Å². The molecule has 0 rings (SSSR count). The Morgan fingerprint density at radius 3 is 1.32 bits per heavy atom. The molecule has 6 nitrogen and oxygen atoms in total. The lowest BCUT2D eigenvalue weighted by atomic mass is 10.1. The highest BCUT2D eigenvalue weighted by Gasteiger charge is 2.21. The summed E-state index contributed by atoms with van der Waals surface area (Å²) in [5.74, 6) is -0.417. The number of ketones is 3. The predicted molar refractivity (Wildman–Crippen MR) is 98.2 cm³/mol. The summed E-state index contributed by atoms with van der Waals surface area (Å²) < 4.78 is 0. The van der Waals surface area contributed by atoms with Crippen molar-refractivity contribution in [2.24, 2.45) is 17.8 Å². The summed E-state index contributed by atoms with van der Waals surface area (Å²) in [6.07, 6.45) is 0. The molecule has 0 atom stereocenters. The maximum absolute atomic E-state index is 12.1. The van der Waals surface area contributed by atoms with Crippen LogP contribution < -0.4 is 0 Å². The van der Waals surface area contributed by atoms with Crippen molar-refractivity contribution in [3.8, 4) is 0 Å². The molecule has 0 aromatic rings. The average Bonchev–Trinajstić information content (AvgIpc) is 2.49. The molecule has 0 saturated carbocycles. The lowest BCUT2D eigenvalue weighted by Crippen LogP contribution is -2.44. The van der Waals surface area contributed by atoms with E-state index in [0.29, 0.717) is 13.1 Å². The van der Waals surface area contributed by atoms with Crippen LogP contribution in [0.3, 0.4) is 0 Å². The van der Waals surface area contributed by atoms with Crippen molar-refractivity contribution in [2.45, 2.75) is 48.5 Å². The molecule has 0 N–H and O–H groups in total.